The summed E-state index contributed by atoms with van der Waals surface area (Å²) < 4.78 is 30.4. The Labute approximate surface area is 502 Å². The number of unbranched alkanes of at least 4 members (excludes halogenated alkanes) is 39. The highest BCUT2D eigenvalue weighted by Gasteiger charge is 2.27. The Morgan fingerprint density at radius 3 is 1.14 bits per heavy atom. The van der Waals surface area contributed by atoms with Gasteiger partial charge in [0.2, 0.25) is 5.91 Å². The van der Waals surface area contributed by atoms with Gasteiger partial charge in [-0.05, 0) is 96.0 Å². The number of esters is 1. The summed E-state index contributed by atoms with van der Waals surface area (Å²) in [6.45, 7) is 6.82. The Morgan fingerprint density at radius 2 is 0.753 bits per heavy atom. The zero-order chi connectivity index (χ0) is 59.3. The molecule has 474 valence electrons. The maximum atomic E-state index is 13.6. The first-order valence-electron chi connectivity index (χ1n) is 34.6. The number of nitrogens with one attached hydrogen (secondary N) is 1. The van der Waals surface area contributed by atoms with Crippen LogP contribution in [0.5, 0.6) is 0 Å². The Bertz CT molecular complexity index is 1570. The van der Waals surface area contributed by atoms with Crippen LogP contribution >= 0.6 is 7.82 Å². The largest absolute Gasteiger partial charge is 0.756 e. The molecule has 10 heteroatoms. The van der Waals surface area contributed by atoms with Crippen molar-refractivity contribution in [3.8, 4) is 0 Å². The minimum Gasteiger partial charge on any atom is -0.756 e. The standard InChI is InChI=1S/C71H133N2O7P/c1-7-10-13-16-19-22-25-27-29-31-33-34-35-36-37-38-40-41-43-45-48-51-54-57-60-63-70(74)72-68(67-79-81(76,77)78-66-65-73(4,5)6)69(62-59-56-53-50-47-24-21-18-15-12-9-3)80-71(75)64-61-58-55-52-49-46-44-42-39-32-30-28-26-23-20-17-14-11-8-2/h19-20,22-23,27-30,59,62,68-69H,7-18,21,24-26,31-58,60-61,63-67H2,1-6H3,(H-,72,74,76,77)/b22-19-,23-20-,29-27-,30-28-,62-59-. The number of hydrogen-bond acceptors (Lipinski definition) is 7. The van der Waals surface area contributed by atoms with E-state index < -0.39 is 20.0 Å². The lowest BCUT2D eigenvalue weighted by Crippen LogP contribution is -2.47. The second-order valence-corrected chi connectivity index (χ2v) is 26.1. The van der Waals surface area contributed by atoms with E-state index in [1.54, 1.807) is 0 Å². The van der Waals surface area contributed by atoms with Crippen molar-refractivity contribution >= 4 is 19.7 Å². The van der Waals surface area contributed by atoms with Crippen molar-refractivity contribution < 1.29 is 37.3 Å². The Kier molecular flexibility index (Phi) is 59.1. The molecule has 0 saturated carbocycles. The number of rotatable bonds is 63. The van der Waals surface area contributed by atoms with E-state index in [1.165, 1.54) is 225 Å². The van der Waals surface area contributed by atoms with Crippen LogP contribution in [0.2, 0.25) is 0 Å². The molecule has 0 heterocycles. The van der Waals surface area contributed by atoms with Crippen LogP contribution in [-0.4, -0.2) is 69.4 Å². The summed E-state index contributed by atoms with van der Waals surface area (Å²) in [4.78, 5) is 40.1. The first kappa shape index (κ1) is 78.7. The molecule has 3 unspecified atom stereocenters. The number of phosphoric ester groups is 1. The lowest BCUT2D eigenvalue weighted by Gasteiger charge is -2.30. The van der Waals surface area contributed by atoms with Gasteiger partial charge in [-0.2, -0.15) is 0 Å². The number of ether oxygens (including phenoxy) is 1. The van der Waals surface area contributed by atoms with Crippen molar-refractivity contribution in [2.75, 3.05) is 40.9 Å². The number of likely N-dealkylation sites (N-methyl/N-ethyl adjacent to an activating group) is 1. The third kappa shape index (κ3) is 62.1. The quantitative estimate of drug-likeness (QED) is 0.0212. The molecule has 0 aromatic heterocycles. The van der Waals surface area contributed by atoms with Gasteiger partial charge in [0, 0.05) is 12.8 Å². The number of carbonyl (C=O) groups excluding carboxylic acids is 2. The molecule has 0 bridgehead atoms. The lowest BCUT2D eigenvalue weighted by atomic mass is 10.0. The van der Waals surface area contributed by atoms with Crippen LogP contribution in [-0.2, 0) is 27.9 Å². The normalized spacial score (nSPS) is 13.9. The fourth-order valence-corrected chi connectivity index (χ4v) is 10.8. The minimum absolute atomic E-state index is 0.0229. The third-order valence-corrected chi connectivity index (χ3v) is 16.4. The number of amides is 1. The summed E-state index contributed by atoms with van der Waals surface area (Å²) in [5.41, 5.74) is 0. The molecule has 0 aromatic carbocycles. The van der Waals surface area contributed by atoms with Gasteiger partial charge in [0.15, 0.2) is 0 Å². The fourth-order valence-electron chi connectivity index (χ4n) is 10.1. The van der Waals surface area contributed by atoms with Gasteiger partial charge in [0.05, 0.1) is 33.8 Å². The Balaban J connectivity index is 5.03. The summed E-state index contributed by atoms with van der Waals surface area (Å²) in [6, 6.07) is -0.890. The monoisotopic (exact) mass is 1160 g/mol. The molecule has 81 heavy (non-hydrogen) atoms. The maximum Gasteiger partial charge on any atom is 0.306 e. The molecule has 1 N–H and O–H groups in total. The molecular weight excluding hydrogens is 1020 g/mol. The van der Waals surface area contributed by atoms with Gasteiger partial charge in [-0.15, -0.1) is 0 Å². The maximum absolute atomic E-state index is 13.6. The van der Waals surface area contributed by atoms with Gasteiger partial charge in [0.25, 0.3) is 7.82 Å². The smallest absolute Gasteiger partial charge is 0.306 e. The molecule has 0 fully saturated rings. The average molecular weight is 1160 g/mol. The SMILES string of the molecule is CCCCC/C=C\C/C=C\CCCCCCCCCCCCCCCCCC(=O)NC(COP(=O)([O-])OCC[N+](C)(C)C)C(/C=C\CCCCCCCCCCC)OC(=O)CCCCCCCCCCC/C=C\C/C=C\CCCCC. The van der Waals surface area contributed by atoms with E-state index in [0.717, 1.165) is 70.6 Å². The van der Waals surface area contributed by atoms with Crippen LogP contribution in [0.15, 0.2) is 60.8 Å². The van der Waals surface area contributed by atoms with Crippen molar-refractivity contribution in [2.24, 2.45) is 0 Å². The van der Waals surface area contributed by atoms with E-state index >= 15 is 0 Å². The van der Waals surface area contributed by atoms with Gasteiger partial charge in [-0.1, -0.05) is 281 Å². The predicted molar refractivity (Wildman–Crippen MR) is 349 cm³/mol. The number of quaternary nitrogens is 1. The summed E-state index contributed by atoms with van der Waals surface area (Å²) >= 11 is 0. The van der Waals surface area contributed by atoms with Crippen LogP contribution in [0, 0.1) is 0 Å². The van der Waals surface area contributed by atoms with Gasteiger partial charge >= 0.3 is 5.97 Å². The molecule has 0 radical (unpaired) electrons. The van der Waals surface area contributed by atoms with Gasteiger partial charge < -0.3 is 28.5 Å². The van der Waals surface area contributed by atoms with Gasteiger partial charge in [-0.25, -0.2) is 0 Å². The molecule has 0 saturated heterocycles. The second-order valence-electron chi connectivity index (χ2n) is 24.7. The van der Waals surface area contributed by atoms with Crippen molar-refractivity contribution in [1.29, 1.82) is 0 Å². The Morgan fingerprint density at radius 1 is 0.432 bits per heavy atom. The molecular formula is C71H133N2O7P. The van der Waals surface area contributed by atoms with Crippen molar-refractivity contribution in [3.63, 3.8) is 0 Å². The summed E-state index contributed by atoms with van der Waals surface area (Å²) in [5.74, 6) is -0.536. The number of hydrogen-bond donors (Lipinski definition) is 1. The zero-order valence-corrected chi connectivity index (χ0v) is 55.1. The lowest BCUT2D eigenvalue weighted by molar-refractivity contribution is -0.870. The van der Waals surface area contributed by atoms with Crippen molar-refractivity contribution in [2.45, 2.75) is 341 Å². The minimum atomic E-state index is -4.70. The topological polar surface area (TPSA) is 114 Å². The highest BCUT2D eigenvalue weighted by Crippen LogP contribution is 2.38. The van der Waals surface area contributed by atoms with Crippen LogP contribution < -0.4 is 10.2 Å². The zero-order valence-electron chi connectivity index (χ0n) is 54.2. The van der Waals surface area contributed by atoms with Crippen molar-refractivity contribution in [1.82, 2.24) is 5.32 Å². The summed E-state index contributed by atoms with van der Waals surface area (Å²) in [5, 5.41) is 3.04. The van der Waals surface area contributed by atoms with Crippen LogP contribution in [0.3, 0.4) is 0 Å². The number of allylic oxidation sites excluding steroid dienone is 9. The average Bonchev–Trinajstić information content (AvgIpc) is 3.44. The Hall–Kier alpha value is -2.29. The molecule has 0 aliphatic carbocycles. The van der Waals surface area contributed by atoms with E-state index in [2.05, 4.69) is 74.7 Å². The van der Waals surface area contributed by atoms with Crippen LogP contribution in [0.25, 0.3) is 0 Å². The second kappa shape index (κ2) is 60.8. The van der Waals surface area contributed by atoms with Gasteiger partial charge in [-0.3, -0.25) is 14.2 Å². The van der Waals surface area contributed by atoms with E-state index in [-0.39, 0.29) is 31.5 Å². The first-order chi connectivity index (χ1) is 39.4. The highest BCUT2D eigenvalue weighted by molar-refractivity contribution is 7.45. The van der Waals surface area contributed by atoms with Crippen LogP contribution in [0.1, 0.15) is 329 Å². The number of nitrogens with zero attached hydrogens (tertiary/aromatic N) is 1. The van der Waals surface area contributed by atoms with Crippen LogP contribution in [0.4, 0.5) is 0 Å². The van der Waals surface area contributed by atoms with Gasteiger partial charge in [0.1, 0.15) is 19.3 Å². The fraction of sp³-hybridized carbons (Fsp3) is 0.831. The third-order valence-electron chi connectivity index (χ3n) is 15.4. The number of phosphoric acid groups is 1. The molecule has 3 atom stereocenters. The molecule has 0 aliphatic rings. The summed E-state index contributed by atoms with van der Waals surface area (Å²) in [6.07, 6.45) is 77.7. The van der Waals surface area contributed by atoms with Crippen molar-refractivity contribution in [3.05, 3.63) is 60.8 Å². The van der Waals surface area contributed by atoms with E-state index in [4.69, 9.17) is 13.8 Å². The molecule has 0 spiro atoms. The predicted octanol–water partition coefficient (Wildman–Crippen LogP) is 21.2. The molecule has 0 rings (SSSR count). The molecule has 0 aromatic rings. The summed E-state index contributed by atoms with van der Waals surface area (Å²) in [7, 11) is 1.19. The molecule has 1 amide bonds. The molecule has 0 aliphatic heterocycles. The number of carbonyl (C=O) groups is 2. The highest BCUT2D eigenvalue weighted by atomic mass is 31.2. The first-order valence-corrected chi connectivity index (χ1v) is 36.1. The molecule has 9 nitrogen and oxygen atoms in total. The van der Waals surface area contributed by atoms with E-state index in [1.807, 2.05) is 33.3 Å². The van der Waals surface area contributed by atoms with E-state index in [0.29, 0.717) is 17.4 Å². The van der Waals surface area contributed by atoms with E-state index in [9.17, 15) is 19.0 Å².